The molecule has 2 N–H and O–H groups in total. The lowest BCUT2D eigenvalue weighted by Crippen LogP contribution is -2.44. The number of nitrogens with one attached hydrogen (secondary N) is 2. The Kier molecular flexibility index (Phi) is 11.5. The van der Waals surface area contributed by atoms with Crippen LogP contribution >= 0.6 is 24.0 Å². The van der Waals surface area contributed by atoms with E-state index >= 15 is 0 Å². The molecule has 0 aliphatic heterocycles. The Morgan fingerprint density at radius 3 is 2.30 bits per heavy atom. The van der Waals surface area contributed by atoms with Crippen LogP contribution in [-0.2, 0) is 9.84 Å². The number of benzene rings is 1. The third-order valence-corrected chi connectivity index (χ3v) is 5.54. The fourth-order valence-electron chi connectivity index (χ4n) is 2.54. The van der Waals surface area contributed by atoms with Crippen LogP contribution in [0.1, 0.15) is 52.5 Å². The Balaban J connectivity index is 0.00000676. The fraction of sp³-hybridized carbons (Fsp3) is 0.650. The van der Waals surface area contributed by atoms with Crippen molar-refractivity contribution in [1.29, 1.82) is 0 Å². The van der Waals surface area contributed by atoms with Gasteiger partial charge in [-0.15, -0.1) is 24.0 Å². The number of hydrogen-bond acceptors (Lipinski definition) is 3. The molecule has 0 radical (unpaired) electrons. The van der Waals surface area contributed by atoms with E-state index in [0.29, 0.717) is 18.9 Å². The van der Waals surface area contributed by atoms with Crippen molar-refractivity contribution in [3.63, 3.8) is 0 Å². The monoisotopic (exact) mass is 509 g/mol. The minimum Gasteiger partial charge on any atom is -0.357 e. The van der Waals surface area contributed by atoms with Crippen LogP contribution in [0, 0.1) is 5.41 Å². The van der Waals surface area contributed by atoms with Gasteiger partial charge in [-0.2, -0.15) is 0 Å². The van der Waals surface area contributed by atoms with Gasteiger partial charge in [0, 0.05) is 31.3 Å². The first-order valence-electron chi connectivity index (χ1n) is 9.31. The maximum atomic E-state index is 11.4. The predicted molar refractivity (Wildman–Crippen MR) is 127 cm³/mol. The second-order valence-electron chi connectivity index (χ2n) is 7.87. The van der Waals surface area contributed by atoms with Gasteiger partial charge in [-0.1, -0.05) is 51.1 Å². The number of rotatable bonds is 9. The molecule has 0 aliphatic rings. The Bertz CT molecular complexity index is 676. The van der Waals surface area contributed by atoms with Crippen molar-refractivity contribution >= 4 is 39.8 Å². The summed E-state index contributed by atoms with van der Waals surface area (Å²) < 4.78 is 22.8. The van der Waals surface area contributed by atoms with E-state index < -0.39 is 9.84 Å². The van der Waals surface area contributed by atoms with Crippen LogP contribution in [-0.4, -0.2) is 45.5 Å². The molecule has 5 nitrogen and oxygen atoms in total. The van der Waals surface area contributed by atoms with Gasteiger partial charge in [0.1, 0.15) is 9.84 Å². The Hall–Kier alpha value is -0.830. The Labute approximate surface area is 182 Å². The van der Waals surface area contributed by atoms with Crippen molar-refractivity contribution in [1.82, 2.24) is 10.6 Å². The SMILES string of the molecule is CCNC(=NCC(C)(C)CCS(C)(=O)=O)NC(C)C(C)c1ccccc1.I. The summed E-state index contributed by atoms with van der Waals surface area (Å²) >= 11 is 0. The van der Waals surface area contributed by atoms with Crippen molar-refractivity contribution in [2.24, 2.45) is 10.4 Å². The first kappa shape index (κ1) is 26.2. The van der Waals surface area contributed by atoms with Crippen molar-refractivity contribution in [2.45, 2.75) is 53.0 Å². The normalized spacial score (nSPS) is 14.8. The lowest BCUT2D eigenvalue weighted by Gasteiger charge is -2.26. The average molecular weight is 509 g/mol. The van der Waals surface area contributed by atoms with E-state index in [1.165, 1.54) is 11.8 Å². The lowest BCUT2D eigenvalue weighted by atomic mass is 9.90. The van der Waals surface area contributed by atoms with Gasteiger partial charge in [-0.25, -0.2) is 8.42 Å². The van der Waals surface area contributed by atoms with Crippen molar-refractivity contribution in [3.8, 4) is 0 Å². The van der Waals surface area contributed by atoms with Crippen LogP contribution in [0.15, 0.2) is 35.3 Å². The zero-order valence-electron chi connectivity index (χ0n) is 17.5. The number of hydrogen-bond donors (Lipinski definition) is 2. The molecule has 2 unspecified atom stereocenters. The predicted octanol–water partition coefficient (Wildman–Crippen LogP) is 3.81. The van der Waals surface area contributed by atoms with Crippen LogP contribution in [0.5, 0.6) is 0 Å². The van der Waals surface area contributed by atoms with E-state index in [1.54, 1.807) is 0 Å². The summed E-state index contributed by atoms with van der Waals surface area (Å²) in [5, 5.41) is 6.77. The molecule has 1 rings (SSSR count). The van der Waals surface area contributed by atoms with Crippen LogP contribution in [0.4, 0.5) is 0 Å². The first-order chi connectivity index (χ1) is 12.0. The Morgan fingerprint density at radius 2 is 1.78 bits per heavy atom. The minimum atomic E-state index is -2.95. The highest BCUT2D eigenvalue weighted by Crippen LogP contribution is 2.22. The maximum Gasteiger partial charge on any atom is 0.191 e. The second kappa shape index (κ2) is 11.9. The molecule has 0 bridgehead atoms. The number of sulfone groups is 1. The highest BCUT2D eigenvalue weighted by Gasteiger charge is 2.21. The van der Waals surface area contributed by atoms with Crippen LogP contribution in [0.25, 0.3) is 0 Å². The smallest absolute Gasteiger partial charge is 0.191 e. The van der Waals surface area contributed by atoms with Crippen molar-refractivity contribution in [3.05, 3.63) is 35.9 Å². The minimum absolute atomic E-state index is 0. The second-order valence-corrected chi connectivity index (χ2v) is 10.1. The number of nitrogens with zero attached hydrogens (tertiary/aromatic N) is 1. The quantitative estimate of drug-likeness (QED) is 0.302. The molecule has 0 heterocycles. The van der Waals surface area contributed by atoms with Gasteiger partial charge in [0.2, 0.25) is 0 Å². The third-order valence-electron chi connectivity index (χ3n) is 4.60. The standard InChI is InChI=1S/C20H35N3O2S.HI/c1-7-21-19(22-15-20(4,5)13-14-26(6,24)25)23-17(3)16(2)18-11-9-8-10-12-18;/h8-12,16-17H,7,13-15H2,1-6H3,(H2,21,22,23);1H. The molecule has 27 heavy (non-hydrogen) atoms. The maximum absolute atomic E-state index is 11.4. The molecule has 0 fully saturated rings. The fourth-order valence-corrected chi connectivity index (χ4v) is 3.46. The largest absolute Gasteiger partial charge is 0.357 e. The zero-order valence-corrected chi connectivity index (χ0v) is 20.6. The molecular weight excluding hydrogens is 473 g/mol. The summed E-state index contributed by atoms with van der Waals surface area (Å²) in [7, 11) is -2.95. The number of guanidine groups is 1. The van der Waals surface area contributed by atoms with Gasteiger partial charge in [0.25, 0.3) is 0 Å². The molecule has 0 saturated heterocycles. The summed E-state index contributed by atoms with van der Waals surface area (Å²) in [5.74, 6) is 1.31. The van der Waals surface area contributed by atoms with E-state index in [4.69, 9.17) is 4.99 Å². The third kappa shape index (κ3) is 10.9. The molecular formula is C20H36IN3O2S. The summed E-state index contributed by atoms with van der Waals surface area (Å²) in [6.45, 7) is 11.9. The molecule has 7 heteroatoms. The summed E-state index contributed by atoms with van der Waals surface area (Å²) in [5.41, 5.74) is 1.12. The Morgan fingerprint density at radius 1 is 1.19 bits per heavy atom. The van der Waals surface area contributed by atoms with E-state index in [-0.39, 0.29) is 41.2 Å². The van der Waals surface area contributed by atoms with E-state index in [9.17, 15) is 8.42 Å². The highest BCUT2D eigenvalue weighted by atomic mass is 127. The van der Waals surface area contributed by atoms with E-state index in [2.05, 4.69) is 62.6 Å². The number of halogens is 1. The van der Waals surface area contributed by atoms with E-state index in [1.807, 2.05) is 13.0 Å². The van der Waals surface area contributed by atoms with Gasteiger partial charge in [0.05, 0.1) is 5.75 Å². The van der Waals surface area contributed by atoms with Crippen LogP contribution in [0.3, 0.4) is 0 Å². The van der Waals surface area contributed by atoms with Crippen LogP contribution in [0.2, 0.25) is 0 Å². The van der Waals surface area contributed by atoms with Gasteiger partial charge >= 0.3 is 0 Å². The summed E-state index contributed by atoms with van der Waals surface area (Å²) in [6, 6.07) is 10.6. The molecule has 0 amide bonds. The lowest BCUT2D eigenvalue weighted by molar-refractivity contribution is 0.365. The number of aliphatic imine (C=N–C) groups is 1. The van der Waals surface area contributed by atoms with Crippen LogP contribution < -0.4 is 10.6 Å². The average Bonchev–Trinajstić information content (AvgIpc) is 2.58. The first-order valence-corrected chi connectivity index (χ1v) is 11.4. The summed E-state index contributed by atoms with van der Waals surface area (Å²) in [6.07, 6.45) is 1.88. The van der Waals surface area contributed by atoms with Gasteiger partial charge in [-0.3, -0.25) is 4.99 Å². The molecule has 0 aromatic heterocycles. The van der Waals surface area contributed by atoms with Gasteiger partial charge < -0.3 is 10.6 Å². The topological polar surface area (TPSA) is 70.6 Å². The zero-order chi connectivity index (χ0) is 19.8. The summed E-state index contributed by atoms with van der Waals surface area (Å²) in [4.78, 5) is 4.70. The molecule has 156 valence electrons. The molecule has 2 atom stereocenters. The molecule has 0 aliphatic carbocycles. The van der Waals surface area contributed by atoms with Gasteiger partial charge in [0.15, 0.2) is 5.96 Å². The molecule has 0 spiro atoms. The highest BCUT2D eigenvalue weighted by molar-refractivity contribution is 14.0. The van der Waals surface area contributed by atoms with Crippen molar-refractivity contribution in [2.75, 3.05) is 25.1 Å². The molecule has 1 aromatic carbocycles. The molecule has 1 aromatic rings. The molecule has 0 saturated carbocycles. The van der Waals surface area contributed by atoms with Crippen molar-refractivity contribution < 1.29 is 8.42 Å². The van der Waals surface area contributed by atoms with E-state index in [0.717, 1.165) is 12.5 Å². The van der Waals surface area contributed by atoms with Gasteiger partial charge in [-0.05, 0) is 31.2 Å².